The predicted molar refractivity (Wildman–Crippen MR) is 61.6 cm³/mol. The van der Waals surface area contributed by atoms with E-state index in [2.05, 4.69) is 36.8 Å². The van der Waals surface area contributed by atoms with Gasteiger partial charge in [-0.1, -0.05) is 12.1 Å². The molecule has 2 aromatic rings. The van der Waals surface area contributed by atoms with E-state index in [1.54, 1.807) is 0 Å². The highest BCUT2D eigenvalue weighted by Gasteiger charge is 2.03. The minimum atomic E-state index is 0.694. The number of anilines is 1. The molecular formula is C9H6Br2N2. The van der Waals surface area contributed by atoms with E-state index in [1.165, 1.54) is 0 Å². The van der Waals surface area contributed by atoms with Crippen molar-refractivity contribution in [3.05, 3.63) is 33.3 Å². The highest BCUT2D eigenvalue weighted by molar-refractivity contribution is 9.11. The van der Waals surface area contributed by atoms with Crippen LogP contribution in [0.15, 0.2) is 33.3 Å². The summed E-state index contributed by atoms with van der Waals surface area (Å²) in [5.74, 6) is 0. The Morgan fingerprint density at radius 3 is 2.77 bits per heavy atom. The van der Waals surface area contributed by atoms with Gasteiger partial charge in [0.05, 0.1) is 11.2 Å². The first-order valence-electron chi connectivity index (χ1n) is 3.69. The van der Waals surface area contributed by atoms with Gasteiger partial charge in [-0.25, -0.2) is 4.98 Å². The molecular weight excluding hydrogens is 296 g/mol. The van der Waals surface area contributed by atoms with E-state index in [1.807, 2.05) is 24.3 Å². The Morgan fingerprint density at radius 1 is 1.23 bits per heavy atom. The molecule has 2 nitrogen and oxygen atoms in total. The number of nitrogens with two attached hydrogens (primary N) is 1. The quantitative estimate of drug-likeness (QED) is 0.599. The van der Waals surface area contributed by atoms with Crippen LogP contribution in [0.3, 0.4) is 0 Å². The molecule has 13 heavy (non-hydrogen) atoms. The Balaban J connectivity index is 2.94. The summed E-state index contributed by atoms with van der Waals surface area (Å²) in [6, 6.07) is 7.64. The van der Waals surface area contributed by atoms with Crippen molar-refractivity contribution in [3.8, 4) is 0 Å². The summed E-state index contributed by atoms with van der Waals surface area (Å²) in [4.78, 5) is 4.30. The molecule has 0 amide bonds. The Labute approximate surface area is 92.4 Å². The number of halogens is 2. The summed E-state index contributed by atoms with van der Waals surface area (Å²) < 4.78 is 1.78. The first-order chi connectivity index (χ1) is 6.18. The summed E-state index contributed by atoms with van der Waals surface area (Å²) in [5.41, 5.74) is 7.31. The maximum absolute atomic E-state index is 5.79. The smallest absolute Gasteiger partial charge is 0.108 e. The molecule has 1 aromatic carbocycles. The van der Waals surface area contributed by atoms with Crippen molar-refractivity contribution < 1.29 is 0 Å². The number of nitrogens with zero attached hydrogens (tertiary/aromatic N) is 1. The number of benzene rings is 1. The van der Waals surface area contributed by atoms with Crippen LogP contribution in [0, 0.1) is 0 Å². The number of aromatic nitrogens is 1. The van der Waals surface area contributed by atoms with Crippen LogP contribution < -0.4 is 5.73 Å². The maximum atomic E-state index is 5.79. The molecule has 0 saturated carbocycles. The number of rotatable bonds is 0. The first kappa shape index (κ1) is 8.97. The Hall–Kier alpha value is -0.610. The van der Waals surface area contributed by atoms with E-state index >= 15 is 0 Å². The standard InChI is InChI=1S/C9H6Br2N2/c10-6-4-8(11)13-9-5(6)2-1-3-7(9)12/h1-4H,12H2. The van der Waals surface area contributed by atoms with E-state index in [0.717, 1.165) is 20.0 Å². The molecule has 0 aliphatic heterocycles. The van der Waals surface area contributed by atoms with E-state index in [0.29, 0.717) is 5.69 Å². The Kier molecular flexibility index (Phi) is 2.26. The SMILES string of the molecule is Nc1cccc2c(Br)cc(Br)nc12. The number of hydrogen-bond donors (Lipinski definition) is 1. The Morgan fingerprint density at radius 2 is 2.00 bits per heavy atom. The normalized spacial score (nSPS) is 10.6. The van der Waals surface area contributed by atoms with Gasteiger partial charge in [-0.15, -0.1) is 0 Å². The van der Waals surface area contributed by atoms with E-state index in [4.69, 9.17) is 5.73 Å². The fraction of sp³-hybridized carbons (Fsp3) is 0. The van der Waals surface area contributed by atoms with Gasteiger partial charge in [-0.05, 0) is 44.0 Å². The van der Waals surface area contributed by atoms with Crippen LogP contribution in [-0.4, -0.2) is 4.98 Å². The van der Waals surface area contributed by atoms with Crippen molar-refractivity contribution in [2.45, 2.75) is 0 Å². The largest absolute Gasteiger partial charge is 0.397 e. The molecule has 1 aromatic heterocycles. The van der Waals surface area contributed by atoms with Crippen LogP contribution in [-0.2, 0) is 0 Å². The van der Waals surface area contributed by atoms with E-state index in [-0.39, 0.29) is 0 Å². The third-order valence-electron chi connectivity index (χ3n) is 1.79. The van der Waals surface area contributed by atoms with Gasteiger partial charge in [0.1, 0.15) is 4.60 Å². The van der Waals surface area contributed by atoms with E-state index in [9.17, 15) is 0 Å². The number of hydrogen-bond acceptors (Lipinski definition) is 2. The van der Waals surface area contributed by atoms with Crippen molar-refractivity contribution in [3.63, 3.8) is 0 Å². The fourth-order valence-electron chi connectivity index (χ4n) is 1.20. The zero-order valence-electron chi connectivity index (χ0n) is 6.59. The summed E-state index contributed by atoms with van der Waals surface area (Å²) in [6.07, 6.45) is 0. The fourth-order valence-corrected chi connectivity index (χ4v) is 2.45. The molecule has 2 N–H and O–H groups in total. The van der Waals surface area contributed by atoms with Gasteiger partial charge < -0.3 is 5.73 Å². The van der Waals surface area contributed by atoms with Gasteiger partial charge in [-0.3, -0.25) is 0 Å². The van der Waals surface area contributed by atoms with Gasteiger partial charge in [0.25, 0.3) is 0 Å². The van der Waals surface area contributed by atoms with Crippen LogP contribution in [0.25, 0.3) is 10.9 Å². The zero-order valence-corrected chi connectivity index (χ0v) is 9.76. The molecule has 0 atom stereocenters. The van der Waals surface area contributed by atoms with Gasteiger partial charge in [0, 0.05) is 9.86 Å². The van der Waals surface area contributed by atoms with Gasteiger partial charge in [-0.2, -0.15) is 0 Å². The number of pyridine rings is 1. The minimum Gasteiger partial charge on any atom is -0.397 e. The van der Waals surface area contributed by atoms with Crippen molar-refractivity contribution in [2.24, 2.45) is 0 Å². The molecule has 0 unspecified atom stereocenters. The molecule has 0 aliphatic carbocycles. The van der Waals surface area contributed by atoms with Crippen molar-refractivity contribution in [1.82, 2.24) is 4.98 Å². The summed E-state index contributed by atoms with van der Waals surface area (Å²) in [7, 11) is 0. The lowest BCUT2D eigenvalue weighted by atomic mass is 10.2. The topological polar surface area (TPSA) is 38.9 Å². The average Bonchev–Trinajstić information content (AvgIpc) is 2.07. The molecule has 4 heteroatoms. The van der Waals surface area contributed by atoms with Crippen LogP contribution in [0.4, 0.5) is 5.69 Å². The van der Waals surface area contributed by atoms with Crippen LogP contribution in [0.2, 0.25) is 0 Å². The molecule has 0 radical (unpaired) electrons. The van der Waals surface area contributed by atoms with Gasteiger partial charge in [0.15, 0.2) is 0 Å². The molecule has 0 bridgehead atoms. The summed E-state index contributed by atoms with van der Waals surface area (Å²) in [6.45, 7) is 0. The average molecular weight is 302 g/mol. The predicted octanol–water partition coefficient (Wildman–Crippen LogP) is 3.34. The van der Waals surface area contributed by atoms with Crippen molar-refractivity contribution in [2.75, 3.05) is 5.73 Å². The molecule has 2 rings (SSSR count). The number of fused-ring (bicyclic) bond motifs is 1. The minimum absolute atomic E-state index is 0.694. The second-order valence-corrected chi connectivity index (χ2v) is 4.34. The third kappa shape index (κ3) is 1.56. The molecule has 0 fully saturated rings. The van der Waals surface area contributed by atoms with Crippen molar-refractivity contribution in [1.29, 1.82) is 0 Å². The maximum Gasteiger partial charge on any atom is 0.108 e. The van der Waals surface area contributed by atoms with Crippen LogP contribution >= 0.6 is 31.9 Å². The highest BCUT2D eigenvalue weighted by Crippen LogP contribution is 2.28. The Bertz CT molecular complexity index is 468. The second kappa shape index (κ2) is 3.27. The molecule has 66 valence electrons. The summed E-state index contributed by atoms with van der Waals surface area (Å²) >= 11 is 6.78. The lowest BCUT2D eigenvalue weighted by molar-refractivity contribution is 1.34. The number of nitrogen functional groups attached to an aromatic ring is 1. The molecule has 0 spiro atoms. The molecule has 0 aliphatic rings. The van der Waals surface area contributed by atoms with Gasteiger partial charge >= 0.3 is 0 Å². The van der Waals surface area contributed by atoms with Gasteiger partial charge in [0.2, 0.25) is 0 Å². The van der Waals surface area contributed by atoms with Crippen molar-refractivity contribution >= 4 is 48.5 Å². The lowest BCUT2D eigenvalue weighted by Crippen LogP contribution is -1.90. The highest BCUT2D eigenvalue weighted by atomic mass is 79.9. The second-order valence-electron chi connectivity index (χ2n) is 2.67. The lowest BCUT2D eigenvalue weighted by Gasteiger charge is -2.03. The molecule has 1 heterocycles. The van der Waals surface area contributed by atoms with E-state index < -0.39 is 0 Å². The van der Waals surface area contributed by atoms with Crippen LogP contribution in [0.5, 0.6) is 0 Å². The summed E-state index contributed by atoms with van der Waals surface area (Å²) in [5, 5.41) is 1.03. The molecule has 0 saturated heterocycles. The zero-order chi connectivity index (χ0) is 9.42. The number of para-hydroxylation sites is 1. The monoisotopic (exact) mass is 300 g/mol. The first-order valence-corrected chi connectivity index (χ1v) is 5.27. The third-order valence-corrected chi connectivity index (χ3v) is 2.85. The van der Waals surface area contributed by atoms with Crippen LogP contribution in [0.1, 0.15) is 0 Å².